The van der Waals surface area contributed by atoms with E-state index in [4.69, 9.17) is 5.14 Å². The number of hydrogen-bond acceptors (Lipinski definition) is 4. The first-order valence-corrected chi connectivity index (χ1v) is 9.36. The molecular formula is C15H16N2O3S2. The van der Waals surface area contributed by atoms with Crippen molar-refractivity contribution in [2.75, 3.05) is 11.6 Å². The number of primary sulfonamides is 1. The van der Waals surface area contributed by atoms with Crippen LogP contribution in [0, 0.1) is 0 Å². The first kappa shape index (κ1) is 16.5. The number of thioether (sulfide) groups is 1. The lowest BCUT2D eigenvalue weighted by Gasteiger charge is -2.07. The summed E-state index contributed by atoms with van der Waals surface area (Å²) in [6.07, 6.45) is 2.01. The Hall–Kier alpha value is -1.83. The zero-order valence-electron chi connectivity index (χ0n) is 11.9. The van der Waals surface area contributed by atoms with Gasteiger partial charge in [0.25, 0.3) is 5.91 Å². The molecule has 0 heterocycles. The van der Waals surface area contributed by atoms with E-state index in [1.807, 2.05) is 18.4 Å². The standard InChI is InChI=1S/C15H16N2O3S2/c1-21-10-11-5-7-12(8-6-11)15(18)17-13-3-2-4-14(9-13)22(16,19)20/h2-9H,10H2,1H3,(H,17,18)(H2,16,19,20). The zero-order valence-corrected chi connectivity index (χ0v) is 13.6. The molecule has 116 valence electrons. The number of hydrogen-bond donors (Lipinski definition) is 2. The van der Waals surface area contributed by atoms with Crippen molar-refractivity contribution in [1.82, 2.24) is 0 Å². The topological polar surface area (TPSA) is 89.3 Å². The molecule has 0 aliphatic rings. The number of nitrogens with two attached hydrogens (primary N) is 1. The van der Waals surface area contributed by atoms with Gasteiger partial charge in [0.15, 0.2) is 0 Å². The quantitative estimate of drug-likeness (QED) is 0.877. The SMILES string of the molecule is CSCc1ccc(C(=O)Nc2cccc(S(N)(=O)=O)c2)cc1. The van der Waals surface area contributed by atoms with Crippen molar-refractivity contribution >= 4 is 33.4 Å². The largest absolute Gasteiger partial charge is 0.322 e. The van der Waals surface area contributed by atoms with Crippen LogP contribution in [0.3, 0.4) is 0 Å². The number of rotatable bonds is 5. The average Bonchev–Trinajstić information content (AvgIpc) is 2.48. The highest BCUT2D eigenvalue weighted by Crippen LogP contribution is 2.16. The number of benzene rings is 2. The molecule has 1 amide bonds. The molecule has 0 fully saturated rings. The third-order valence-electron chi connectivity index (χ3n) is 2.95. The summed E-state index contributed by atoms with van der Waals surface area (Å²) < 4.78 is 22.6. The van der Waals surface area contributed by atoms with Crippen LogP contribution in [0.1, 0.15) is 15.9 Å². The summed E-state index contributed by atoms with van der Waals surface area (Å²) in [5.41, 5.74) is 2.02. The predicted octanol–water partition coefficient (Wildman–Crippen LogP) is 2.45. The molecule has 2 rings (SSSR count). The molecule has 22 heavy (non-hydrogen) atoms. The Bertz CT molecular complexity index is 772. The minimum Gasteiger partial charge on any atom is -0.322 e. The first-order chi connectivity index (χ1) is 10.4. The third-order valence-corrected chi connectivity index (χ3v) is 4.48. The highest BCUT2D eigenvalue weighted by Gasteiger charge is 2.10. The van der Waals surface area contributed by atoms with Gasteiger partial charge >= 0.3 is 0 Å². The van der Waals surface area contributed by atoms with Crippen molar-refractivity contribution in [2.24, 2.45) is 5.14 Å². The highest BCUT2D eigenvalue weighted by atomic mass is 32.2. The molecule has 2 aromatic rings. The Labute approximate surface area is 134 Å². The molecule has 0 saturated heterocycles. The van der Waals surface area contributed by atoms with Gasteiger partial charge in [-0.15, -0.1) is 0 Å². The molecular weight excluding hydrogens is 320 g/mol. The molecule has 0 saturated carbocycles. The van der Waals surface area contributed by atoms with Gasteiger partial charge in [0, 0.05) is 17.0 Å². The van der Waals surface area contributed by atoms with Crippen molar-refractivity contribution in [2.45, 2.75) is 10.6 Å². The summed E-state index contributed by atoms with van der Waals surface area (Å²) in [6, 6.07) is 13.1. The lowest BCUT2D eigenvalue weighted by Crippen LogP contribution is -2.14. The molecule has 5 nitrogen and oxygen atoms in total. The van der Waals surface area contributed by atoms with Crippen LogP contribution >= 0.6 is 11.8 Å². The van der Waals surface area contributed by atoms with E-state index in [1.165, 1.54) is 18.2 Å². The van der Waals surface area contributed by atoms with Crippen LogP contribution in [-0.4, -0.2) is 20.6 Å². The molecule has 7 heteroatoms. The number of nitrogens with one attached hydrogen (secondary N) is 1. The first-order valence-electron chi connectivity index (χ1n) is 6.42. The second-order valence-electron chi connectivity index (χ2n) is 4.66. The van der Waals surface area contributed by atoms with E-state index < -0.39 is 10.0 Å². The summed E-state index contributed by atoms with van der Waals surface area (Å²) >= 11 is 1.71. The van der Waals surface area contributed by atoms with Crippen molar-refractivity contribution in [3.05, 3.63) is 59.7 Å². The van der Waals surface area contributed by atoms with Crippen molar-refractivity contribution in [3.8, 4) is 0 Å². The van der Waals surface area contributed by atoms with Gasteiger partial charge in [-0.25, -0.2) is 13.6 Å². The summed E-state index contributed by atoms with van der Waals surface area (Å²) in [5, 5.41) is 7.73. The van der Waals surface area contributed by atoms with Gasteiger partial charge in [-0.2, -0.15) is 11.8 Å². The molecule has 0 atom stereocenters. The summed E-state index contributed by atoms with van der Waals surface area (Å²) in [7, 11) is -3.79. The van der Waals surface area contributed by atoms with E-state index in [0.29, 0.717) is 11.3 Å². The highest BCUT2D eigenvalue weighted by molar-refractivity contribution is 7.97. The van der Waals surface area contributed by atoms with Gasteiger partial charge in [-0.3, -0.25) is 4.79 Å². The molecule has 0 radical (unpaired) electrons. The van der Waals surface area contributed by atoms with Gasteiger partial charge in [0.2, 0.25) is 10.0 Å². The van der Waals surface area contributed by atoms with Gasteiger partial charge in [0.05, 0.1) is 4.90 Å². The monoisotopic (exact) mass is 336 g/mol. The van der Waals surface area contributed by atoms with E-state index in [2.05, 4.69) is 5.32 Å². The molecule has 0 aliphatic carbocycles. The Morgan fingerprint density at radius 2 is 1.86 bits per heavy atom. The predicted molar refractivity (Wildman–Crippen MR) is 89.4 cm³/mol. The third kappa shape index (κ3) is 4.33. The van der Waals surface area contributed by atoms with Gasteiger partial charge < -0.3 is 5.32 Å². The Morgan fingerprint density at radius 3 is 2.45 bits per heavy atom. The Kier molecular flexibility index (Phi) is 5.23. The number of carbonyl (C=O) groups excluding carboxylic acids is 1. The van der Waals surface area contributed by atoms with E-state index in [0.717, 1.165) is 11.3 Å². The molecule has 0 aromatic heterocycles. The van der Waals surface area contributed by atoms with Crippen molar-refractivity contribution in [1.29, 1.82) is 0 Å². The lowest BCUT2D eigenvalue weighted by molar-refractivity contribution is 0.102. The number of carbonyl (C=O) groups is 1. The van der Waals surface area contributed by atoms with Crippen LogP contribution in [0.2, 0.25) is 0 Å². The number of sulfonamides is 1. The number of anilines is 1. The second-order valence-corrected chi connectivity index (χ2v) is 7.08. The van der Waals surface area contributed by atoms with Crippen LogP contribution in [0.5, 0.6) is 0 Å². The summed E-state index contributed by atoms with van der Waals surface area (Å²) in [5.74, 6) is 0.584. The Morgan fingerprint density at radius 1 is 1.18 bits per heavy atom. The molecule has 0 bridgehead atoms. The van der Waals surface area contributed by atoms with E-state index in [9.17, 15) is 13.2 Å². The maximum atomic E-state index is 12.1. The fraction of sp³-hybridized carbons (Fsp3) is 0.133. The Balaban J connectivity index is 2.15. The van der Waals surface area contributed by atoms with Crippen LogP contribution in [-0.2, 0) is 15.8 Å². The van der Waals surface area contributed by atoms with E-state index in [-0.39, 0.29) is 10.8 Å². The normalized spacial score (nSPS) is 11.2. The number of amides is 1. The minimum absolute atomic E-state index is 0.0411. The van der Waals surface area contributed by atoms with Gasteiger partial charge in [0.1, 0.15) is 0 Å². The van der Waals surface area contributed by atoms with E-state index in [1.54, 1.807) is 30.0 Å². The van der Waals surface area contributed by atoms with Crippen molar-refractivity contribution in [3.63, 3.8) is 0 Å². The van der Waals surface area contributed by atoms with Gasteiger partial charge in [-0.1, -0.05) is 18.2 Å². The minimum atomic E-state index is -3.79. The van der Waals surface area contributed by atoms with E-state index >= 15 is 0 Å². The van der Waals surface area contributed by atoms with Crippen molar-refractivity contribution < 1.29 is 13.2 Å². The van der Waals surface area contributed by atoms with Crippen LogP contribution in [0.15, 0.2) is 53.4 Å². The maximum Gasteiger partial charge on any atom is 0.255 e. The van der Waals surface area contributed by atoms with Crippen LogP contribution in [0.25, 0.3) is 0 Å². The molecule has 3 N–H and O–H groups in total. The second kappa shape index (κ2) is 6.95. The summed E-state index contributed by atoms with van der Waals surface area (Å²) in [6.45, 7) is 0. The lowest BCUT2D eigenvalue weighted by atomic mass is 10.1. The molecule has 0 unspecified atom stereocenters. The average molecular weight is 336 g/mol. The van der Waals surface area contributed by atoms with Crippen LogP contribution in [0.4, 0.5) is 5.69 Å². The van der Waals surface area contributed by atoms with Gasteiger partial charge in [-0.05, 0) is 42.2 Å². The molecule has 0 spiro atoms. The smallest absolute Gasteiger partial charge is 0.255 e. The fourth-order valence-electron chi connectivity index (χ4n) is 1.87. The van der Waals surface area contributed by atoms with Crippen LogP contribution < -0.4 is 10.5 Å². The zero-order chi connectivity index (χ0) is 16.2. The summed E-state index contributed by atoms with van der Waals surface area (Å²) in [4.78, 5) is 12.1. The molecule has 0 aliphatic heterocycles. The maximum absolute atomic E-state index is 12.1. The fourth-order valence-corrected chi connectivity index (χ4v) is 2.96. The molecule has 2 aromatic carbocycles.